The Kier molecular flexibility index (Phi) is 5.81. The standard InChI is InChI=1S/C23H32N6O/c1-4-30-18-7-5-6-17(12-18)26-21-20(14(2)3)22(25)28-29-13-19(27-23(21)29)15-8-10-16(24)11-9-15/h5-7,12-16,26H,4,8-11,24H2,1-3H3,(H2,25,28)/t15-,16-. The van der Waals surface area contributed by atoms with Gasteiger partial charge in [-0.2, -0.15) is 0 Å². The molecule has 7 heteroatoms. The molecule has 0 aliphatic heterocycles. The second-order valence-corrected chi connectivity index (χ2v) is 8.46. The lowest BCUT2D eigenvalue weighted by Crippen LogP contribution is -2.25. The molecule has 0 bridgehead atoms. The van der Waals surface area contributed by atoms with Crippen molar-refractivity contribution >= 4 is 22.8 Å². The third-order valence-corrected chi connectivity index (χ3v) is 5.87. The Morgan fingerprint density at radius 3 is 2.70 bits per heavy atom. The van der Waals surface area contributed by atoms with Crippen LogP contribution in [0.1, 0.15) is 69.5 Å². The van der Waals surface area contributed by atoms with Crippen LogP contribution in [0.25, 0.3) is 5.65 Å². The summed E-state index contributed by atoms with van der Waals surface area (Å²) in [6, 6.07) is 8.26. The molecule has 1 aromatic carbocycles. The summed E-state index contributed by atoms with van der Waals surface area (Å²) in [7, 11) is 0. The van der Waals surface area contributed by atoms with Gasteiger partial charge < -0.3 is 21.5 Å². The van der Waals surface area contributed by atoms with Crippen LogP contribution < -0.4 is 21.5 Å². The Balaban J connectivity index is 1.77. The molecule has 0 unspecified atom stereocenters. The van der Waals surface area contributed by atoms with Gasteiger partial charge in [0.05, 0.1) is 24.2 Å². The van der Waals surface area contributed by atoms with Gasteiger partial charge in [0.25, 0.3) is 0 Å². The zero-order chi connectivity index (χ0) is 21.3. The van der Waals surface area contributed by atoms with Crippen LogP contribution in [-0.4, -0.2) is 27.2 Å². The average molecular weight is 409 g/mol. The summed E-state index contributed by atoms with van der Waals surface area (Å²) in [5.74, 6) is 1.97. The molecule has 5 N–H and O–H groups in total. The predicted octanol–water partition coefficient (Wildman–Crippen LogP) is 4.56. The minimum Gasteiger partial charge on any atom is -0.494 e. The molecule has 2 heterocycles. The Labute approximate surface area is 177 Å². The van der Waals surface area contributed by atoms with Crippen molar-refractivity contribution in [3.63, 3.8) is 0 Å². The maximum absolute atomic E-state index is 6.38. The minimum absolute atomic E-state index is 0.202. The van der Waals surface area contributed by atoms with E-state index in [1.165, 1.54) is 0 Å². The third kappa shape index (κ3) is 4.07. The van der Waals surface area contributed by atoms with Gasteiger partial charge in [0.1, 0.15) is 11.6 Å². The van der Waals surface area contributed by atoms with Crippen LogP contribution in [-0.2, 0) is 0 Å². The maximum atomic E-state index is 6.38. The van der Waals surface area contributed by atoms with Gasteiger partial charge in [-0.05, 0) is 50.7 Å². The third-order valence-electron chi connectivity index (χ3n) is 5.87. The highest BCUT2D eigenvalue weighted by atomic mass is 16.5. The van der Waals surface area contributed by atoms with Crippen molar-refractivity contribution in [2.24, 2.45) is 5.73 Å². The van der Waals surface area contributed by atoms with Crippen LogP contribution in [0.2, 0.25) is 0 Å². The van der Waals surface area contributed by atoms with E-state index < -0.39 is 0 Å². The first-order valence-corrected chi connectivity index (χ1v) is 10.9. The monoisotopic (exact) mass is 408 g/mol. The van der Waals surface area contributed by atoms with Gasteiger partial charge in [0.2, 0.25) is 0 Å². The van der Waals surface area contributed by atoms with Gasteiger partial charge in [-0.1, -0.05) is 19.9 Å². The number of nitrogen functional groups attached to an aromatic ring is 1. The zero-order valence-corrected chi connectivity index (χ0v) is 18.1. The van der Waals surface area contributed by atoms with E-state index in [1.807, 2.05) is 41.9 Å². The fraction of sp³-hybridized carbons (Fsp3) is 0.478. The number of imidazole rings is 1. The summed E-state index contributed by atoms with van der Waals surface area (Å²) in [6.45, 7) is 6.85. The molecule has 1 aliphatic rings. The van der Waals surface area contributed by atoms with E-state index in [-0.39, 0.29) is 5.92 Å². The van der Waals surface area contributed by atoms with Crippen molar-refractivity contribution in [1.82, 2.24) is 14.6 Å². The number of nitrogens with one attached hydrogen (secondary N) is 1. The fourth-order valence-corrected chi connectivity index (χ4v) is 4.35. The number of rotatable bonds is 6. The van der Waals surface area contributed by atoms with E-state index in [2.05, 4.69) is 24.3 Å². The van der Waals surface area contributed by atoms with Gasteiger partial charge in [-0.15, -0.1) is 5.10 Å². The highest BCUT2D eigenvalue weighted by Gasteiger charge is 2.25. The molecule has 0 amide bonds. The van der Waals surface area contributed by atoms with Crippen molar-refractivity contribution in [3.8, 4) is 5.75 Å². The van der Waals surface area contributed by atoms with Gasteiger partial charge in [0.15, 0.2) is 5.65 Å². The highest BCUT2D eigenvalue weighted by Crippen LogP contribution is 2.37. The first-order valence-electron chi connectivity index (χ1n) is 10.9. The molecule has 160 valence electrons. The lowest BCUT2D eigenvalue weighted by molar-refractivity contribution is 0.340. The summed E-state index contributed by atoms with van der Waals surface area (Å²) in [5.41, 5.74) is 17.2. The Hall–Kier alpha value is -2.80. The van der Waals surface area contributed by atoms with Gasteiger partial charge >= 0.3 is 0 Å². The zero-order valence-electron chi connectivity index (χ0n) is 18.1. The van der Waals surface area contributed by atoms with E-state index in [9.17, 15) is 0 Å². The van der Waals surface area contributed by atoms with Crippen LogP contribution in [0, 0.1) is 0 Å². The Morgan fingerprint density at radius 2 is 2.00 bits per heavy atom. The van der Waals surface area contributed by atoms with E-state index in [0.717, 1.165) is 59.7 Å². The van der Waals surface area contributed by atoms with Crippen molar-refractivity contribution < 1.29 is 4.74 Å². The second kappa shape index (κ2) is 8.52. The quantitative estimate of drug-likeness (QED) is 0.552. The van der Waals surface area contributed by atoms with Crippen LogP contribution in [0.4, 0.5) is 17.2 Å². The molecule has 1 fully saturated rings. The smallest absolute Gasteiger partial charge is 0.178 e. The molecule has 1 saturated carbocycles. The lowest BCUT2D eigenvalue weighted by Gasteiger charge is -2.24. The van der Waals surface area contributed by atoms with Crippen LogP contribution in [0.5, 0.6) is 5.75 Å². The van der Waals surface area contributed by atoms with Gasteiger partial charge in [-0.3, -0.25) is 0 Å². The molecule has 7 nitrogen and oxygen atoms in total. The van der Waals surface area contributed by atoms with Crippen molar-refractivity contribution in [3.05, 3.63) is 41.7 Å². The van der Waals surface area contributed by atoms with E-state index in [4.69, 9.17) is 21.2 Å². The first kappa shape index (κ1) is 20.5. The number of nitrogens with zero attached hydrogens (tertiary/aromatic N) is 3. The van der Waals surface area contributed by atoms with Crippen LogP contribution in [0.15, 0.2) is 30.5 Å². The van der Waals surface area contributed by atoms with Gasteiger partial charge in [-0.25, -0.2) is 9.50 Å². The molecule has 0 spiro atoms. The van der Waals surface area contributed by atoms with Crippen LogP contribution in [0.3, 0.4) is 0 Å². The number of ether oxygens (including phenoxy) is 1. The molecule has 1 aliphatic carbocycles. The largest absolute Gasteiger partial charge is 0.494 e. The normalized spacial score (nSPS) is 19.4. The minimum atomic E-state index is 0.202. The maximum Gasteiger partial charge on any atom is 0.178 e. The van der Waals surface area contributed by atoms with Crippen molar-refractivity contribution in [2.45, 2.75) is 64.3 Å². The average Bonchev–Trinajstić information content (AvgIpc) is 3.12. The molecular weight excluding hydrogens is 376 g/mol. The number of nitrogens with two attached hydrogens (primary N) is 2. The molecule has 0 radical (unpaired) electrons. The molecule has 4 rings (SSSR count). The van der Waals surface area contributed by atoms with Crippen molar-refractivity contribution in [1.29, 1.82) is 0 Å². The predicted molar refractivity (Wildman–Crippen MR) is 122 cm³/mol. The summed E-state index contributed by atoms with van der Waals surface area (Å²) >= 11 is 0. The summed E-state index contributed by atoms with van der Waals surface area (Å²) < 4.78 is 7.48. The molecule has 2 aromatic heterocycles. The van der Waals surface area contributed by atoms with E-state index >= 15 is 0 Å². The topological polar surface area (TPSA) is 103 Å². The molecular formula is C23H32N6O. The number of hydrogen-bond acceptors (Lipinski definition) is 6. The molecule has 30 heavy (non-hydrogen) atoms. The number of anilines is 3. The molecule has 3 aromatic rings. The van der Waals surface area contributed by atoms with Crippen LogP contribution >= 0.6 is 0 Å². The number of hydrogen-bond donors (Lipinski definition) is 3. The van der Waals surface area contributed by atoms with Gasteiger partial charge in [0, 0.05) is 29.3 Å². The summed E-state index contributed by atoms with van der Waals surface area (Å²) in [4.78, 5) is 5.01. The van der Waals surface area contributed by atoms with E-state index in [0.29, 0.717) is 24.4 Å². The number of benzene rings is 1. The SMILES string of the molecule is CCOc1cccc(Nc2c(C(C)C)c(N)nn3cc([C@H]4CC[C@H](N)CC4)nc23)c1. The van der Waals surface area contributed by atoms with E-state index in [1.54, 1.807) is 0 Å². The Morgan fingerprint density at radius 1 is 1.23 bits per heavy atom. The fourth-order valence-electron chi connectivity index (χ4n) is 4.35. The molecule has 0 saturated heterocycles. The Bertz CT molecular complexity index is 1020. The number of fused-ring (bicyclic) bond motifs is 1. The number of aromatic nitrogens is 3. The summed E-state index contributed by atoms with van der Waals surface area (Å²) in [6.07, 6.45) is 6.24. The highest BCUT2D eigenvalue weighted by molar-refractivity contribution is 5.81. The molecule has 0 atom stereocenters. The second-order valence-electron chi connectivity index (χ2n) is 8.46. The lowest BCUT2D eigenvalue weighted by atomic mass is 9.85. The first-order chi connectivity index (χ1) is 14.5. The van der Waals surface area contributed by atoms with Crippen molar-refractivity contribution in [2.75, 3.05) is 17.7 Å². The summed E-state index contributed by atoms with van der Waals surface area (Å²) in [5, 5.41) is 8.18.